The quantitative estimate of drug-likeness (QED) is 0.419. The molecule has 0 fully saturated rings. The first-order valence-corrected chi connectivity index (χ1v) is 12.4. The molecule has 0 atom stereocenters. The fourth-order valence-corrected chi connectivity index (χ4v) is 4.05. The van der Waals surface area contributed by atoms with Crippen LogP contribution in [0.15, 0.2) is 71.8 Å². The lowest BCUT2D eigenvalue weighted by molar-refractivity contribution is 0.0519. The summed E-state index contributed by atoms with van der Waals surface area (Å²) < 4.78 is 31.9. The van der Waals surface area contributed by atoms with E-state index in [-0.39, 0.29) is 34.2 Å². The SMILES string of the molecule is CCOC(=O)c1ccc(C(=O)NS(=O)(=O)c2ccc(C(=O)NCCc3ccc(Cl)cc3)cc2)cn1. The Labute approximate surface area is 207 Å². The topological polar surface area (TPSA) is 132 Å². The zero-order chi connectivity index (χ0) is 25.4. The molecule has 11 heteroatoms. The van der Waals surface area contributed by atoms with Gasteiger partial charge in [0.1, 0.15) is 5.69 Å². The molecule has 0 saturated heterocycles. The summed E-state index contributed by atoms with van der Waals surface area (Å²) >= 11 is 5.85. The maximum Gasteiger partial charge on any atom is 0.356 e. The fraction of sp³-hybridized carbons (Fsp3) is 0.167. The highest BCUT2D eigenvalue weighted by Crippen LogP contribution is 2.13. The van der Waals surface area contributed by atoms with E-state index in [0.717, 1.165) is 11.8 Å². The van der Waals surface area contributed by atoms with E-state index in [9.17, 15) is 22.8 Å². The molecule has 2 aromatic carbocycles. The highest BCUT2D eigenvalue weighted by atomic mass is 35.5. The van der Waals surface area contributed by atoms with Crippen molar-refractivity contribution in [1.82, 2.24) is 15.0 Å². The highest BCUT2D eigenvalue weighted by Gasteiger charge is 2.20. The number of halogens is 1. The number of amides is 2. The molecular weight excluding hydrogens is 494 g/mol. The molecule has 0 aliphatic carbocycles. The van der Waals surface area contributed by atoms with Gasteiger partial charge in [0, 0.05) is 23.3 Å². The van der Waals surface area contributed by atoms with E-state index in [1.165, 1.54) is 36.4 Å². The van der Waals surface area contributed by atoms with Crippen LogP contribution in [0.1, 0.15) is 43.7 Å². The Balaban J connectivity index is 1.58. The van der Waals surface area contributed by atoms with Gasteiger partial charge in [-0.3, -0.25) is 9.59 Å². The van der Waals surface area contributed by atoms with Crippen LogP contribution in [-0.2, 0) is 21.2 Å². The Kier molecular flexibility index (Phi) is 8.56. The molecule has 35 heavy (non-hydrogen) atoms. The van der Waals surface area contributed by atoms with Gasteiger partial charge in [-0.2, -0.15) is 0 Å². The van der Waals surface area contributed by atoms with Crippen molar-refractivity contribution < 1.29 is 27.5 Å². The maximum atomic E-state index is 12.6. The van der Waals surface area contributed by atoms with Crippen LogP contribution in [0.3, 0.4) is 0 Å². The minimum atomic E-state index is -4.20. The number of carbonyl (C=O) groups is 3. The Bertz CT molecular complexity index is 1310. The summed E-state index contributed by atoms with van der Waals surface area (Å²) in [6.07, 6.45) is 1.69. The van der Waals surface area contributed by atoms with Crippen molar-refractivity contribution in [3.8, 4) is 0 Å². The lowest BCUT2D eigenvalue weighted by atomic mass is 10.1. The molecular formula is C24H22ClN3O6S. The zero-order valence-electron chi connectivity index (χ0n) is 18.7. The van der Waals surface area contributed by atoms with Gasteiger partial charge in [0.2, 0.25) is 0 Å². The van der Waals surface area contributed by atoms with Crippen LogP contribution in [0.4, 0.5) is 0 Å². The van der Waals surface area contributed by atoms with E-state index in [4.69, 9.17) is 16.3 Å². The summed E-state index contributed by atoms with van der Waals surface area (Å²) in [7, 11) is -4.20. The number of ether oxygens (including phenoxy) is 1. The molecule has 0 spiro atoms. The molecule has 0 aliphatic rings. The van der Waals surface area contributed by atoms with E-state index in [1.54, 1.807) is 19.1 Å². The second-order valence-electron chi connectivity index (χ2n) is 7.24. The summed E-state index contributed by atoms with van der Waals surface area (Å²) in [6.45, 7) is 2.21. The monoisotopic (exact) mass is 515 g/mol. The average molecular weight is 516 g/mol. The molecule has 0 saturated carbocycles. The number of hydrogen-bond donors (Lipinski definition) is 2. The van der Waals surface area contributed by atoms with Crippen LogP contribution >= 0.6 is 11.6 Å². The van der Waals surface area contributed by atoms with Crippen molar-refractivity contribution in [2.75, 3.05) is 13.2 Å². The predicted molar refractivity (Wildman–Crippen MR) is 129 cm³/mol. The maximum absolute atomic E-state index is 12.6. The average Bonchev–Trinajstić information content (AvgIpc) is 2.85. The van der Waals surface area contributed by atoms with E-state index < -0.39 is 21.9 Å². The second kappa shape index (κ2) is 11.6. The van der Waals surface area contributed by atoms with Crippen LogP contribution in [0.5, 0.6) is 0 Å². The van der Waals surface area contributed by atoms with Gasteiger partial charge in [-0.05, 0) is 67.4 Å². The third-order valence-electron chi connectivity index (χ3n) is 4.78. The summed E-state index contributed by atoms with van der Waals surface area (Å²) in [4.78, 5) is 39.9. The van der Waals surface area contributed by atoms with E-state index in [2.05, 4.69) is 10.3 Å². The standard InChI is InChI=1S/C24H22ClN3O6S/c1-2-34-24(31)21-12-7-18(15-27-21)23(30)28-35(32,33)20-10-5-17(6-11-20)22(29)26-14-13-16-3-8-19(25)9-4-16/h3-12,15H,2,13-14H2,1H3,(H,26,29)(H,28,30). The Hall–Kier alpha value is -3.76. The first-order valence-electron chi connectivity index (χ1n) is 10.5. The van der Waals surface area contributed by atoms with Crippen LogP contribution in [0.2, 0.25) is 5.02 Å². The van der Waals surface area contributed by atoms with Crippen molar-refractivity contribution in [2.45, 2.75) is 18.2 Å². The molecule has 3 aromatic rings. The first kappa shape index (κ1) is 25.9. The molecule has 0 aliphatic heterocycles. The summed E-state index contributed by atoms with van der Waals surface area (Å²) in [5.41, 5.74) is 1.22. The van der Waals surface area contributed by atoms with Crippen LogP contribution in [0, 0.1) is 0 Å². The summed E-state index contributed by atoms with van der Waals surface area (Å²) in [5.74, 6) is -1.93. The molecule has 3 rings (SSSR count). The molecule has 2 amide bonds. The number of sulfonamides is 1. The van der Waals surface area contributed by atoms with Gasteiger partial charge in [-0.1, -0.05) is 23.7 Å². The molecule has 0 unspecified atom stereocenters. The third kappa shape index (κ3) is 7.11. The lowest BCUT2D eigenvalue weighted by Crippen LogP contribution is -2.31. The van der Waals surface area contributed by atoms with Gasteiger partial charge in [0.25, 0.3) is 21.8 Å². The molecule has 9 nitrogen and oxygen atoms in total. The highest BCUT2D eigenvalue weighted by molar-refractivity contribution is 7.90. The van der Waals surface area contributed by atoms with Crippen molar-refractivity contribution >= 4 is 39.4 Å². The predicted octanol–water partition coefficient (Wildman–Crippen LogP) is 3.00. The molecule has 0 radical (unpaired) electrons. The Morgan fingerprint density at radius 3 is 2.17 bits per heavy atom. The molecule has 1 heterocycles. The smallest absolute Gasteiger partial charge is 0.356 e. The van der Waals surface area contributed by atoms with Crippen molar-refractivity contribution in [3.05, 3.63) is 94.3 Å². The minimum absolute atomic E-state index is 0.00621. The first-order chi connectivity index (χ1) is 16.7. The van der Waals surface area contributed by atoms with Crippen LogP contribution in [0.25, 0.3) is 0 Å². The van der Waals surface area contributed by atoms with E-state index in [0.29, 0.717) is 18.0 Å². The zero-order valence-corrected chi connectivity index (χ0v) is 20.2. The summed E-state index contributed by atoms with van der Waals surface area (Å²) in [5, 5.41) is 3.40. The van der Waals surface area contributed by atoms with Crippen LogP contribution < -0.4 is 10.0 Å². The number of pyridine rings is 1. The van der Waals surface area contributed by atoms with E-state index >= 15 is 0 Å². The number of carbonyl (C=O) groups excluding carboxylic acids is 3. The van der Waals surface area contributed by atoms with Crippen molar-refractivity contribution in [3.63, 3.8) is 0 Å². The van der Waals surface area contributed by atoms with Gasteiger partial charge < -0.3 is 10.1 Å². The Morgan fingerprint density at radius 2 is 1.57 bits per heavy atom. The van der Waals surface area contributed by atoms with Gasteiger partial charge in [0.05, 0.1) is 17.1 Å². The van der Waals surface area contributed by atoms with E-state index in [1.807, 2.05) is 16.9 Å². The molecule has 1 aromatic heterocycles. The number of aromatic nitrogens is 1. The minimum Gasteiger partial charge on any atom is -0.461 e. The Morgan fingerprint density at radius 1 is 0.914 bits per heavy atom. The number of hydrogen-bond acceptors (Lipinski definition) is 7. The summed E-state index contributed by atoms with van der Waals surface area (Å²) in [6, 6.07) is 15.0. The molecule has 182 valence electrons. The molecule has 2 N–H and O–H groups in total. The largest absolute Gasteiger partial charge is 0.461 e. The normalized spacial score (nSPS) is 10.9. The number of esters is 1. The van der Waals surface area contributed by atoms with Crippen molar-refractivity contribution in [1.29, 1.82) is 0 Å². The van der Waals surface area contributed by atoms with Crippen LogP contribution in [-0.4, -0.2) is 44.3 Å². The fourth-order valence-electron chi connectivity index (χ4n) is 2.95. The van der Waals surface area contributed by atoms with Gasteiger partial charge >= 0.3 is 5.97 Å². The number of nitrogens with one attached hydrogen (secondary N) is 2. The third-order valence-corrected chi connectivity index (χ3v) is 6.38. The molecule has 0 bridgehead atoms. The van der Waals surface area contributed by atoms with Gasteiger partial charge in [-0.25, -0.2) is 22.9 Å². The number of rotatable bonds is 9. The lowest BCUT2D eigenvalue weighted by Gasteiger charge is -2.09. The second-order valence-corrected chi connectivity index (χ2v) is 9.36. The van der Waals surface area contributed by atoms with Gasteiger partial charge in [-0.15, -0.1) is 0 Å². The number of benzene rings is 2. The number of nitrogens with zero attached hydrogens (tertiary/aromatic N) is 1. The van der Waals surface area contributed by atoms with Gasteiger partial charge in [0.15, 0.2) is 0 Å². The van der Waals surface area contributed by atoms with Crippen molar-refractivity contribution in [2.24, 2.45) is 0 Å².